The van der Waals surface area contributed by atoms with Gasteiger partial charge in [-0.25, -0.2) is 18.4 Å². The predicted octanol–water partition coefficient (Wildman–Crippen LogP) is 0.619. The Labute approximate surface area is 192 Å². The number of anilines is 1. The molecular weight excluding hydrogens is 446 g/mol. The standard InChI is InChI=1S/C22H29N5O5S/c1-22(2,30)13-27-17(12-28)25-19-20(27)15-5-3-14(11-16(15)24-21(19)23)4-6-18(29)26-7-9-33(31,32)10-8-26/h3,5,11,28,30H,4,6-10,12-13H2,1-2H3,(H2,23,24). The zero-order valence-electron chi connectivity index (χ0n) is 18.8. The molecule has 3 aromatic rings. The molecule has 178 valence electrons. The summed E-state index contributed by atoms with van der Waals surface area (Å²) in [5.74, 6) is 0.587. The van der Waals surface area contributed by atoms with Gasteiger partial charge in [0, 0.05) is 24.9 Å². The van der Waals surface area contributed by atoms with Crippen molar-refractivity contribution >= 4 is 43.5 Å². The molecular formula is C22H29N5O5S. The molecule has 1 saturated heterocycles. The van der Waals surface area contributed by atoms with Crippen LogP contribution in [0.5, 0.6) is 0 Å². The van der Waals surface area contributed by atoms with E-state index in [0.717, 1.165) is 10.9 Å². The summed E-state index contributed by atoms with van der Waals surface area (Å²) < 4.78 is 24.9. The Morgan fingerprint density at radius 2 is 1.91 bits per heavy atom. The lowest BCUT2D eigenvalue weighted by Crippen LogP contribution is -2.43. The van der Waals surface area contributed by atoms with Gasteiger partial charge in [0.15, 0.2) is 15.7 Å². The Morgan fingerprint density at radius 1 is 1.21 bits per heavy atom. The molecule has 33 heavy (non-hydrogen) atoms. The zero-order valence-corrected chi connectivity index (χ0v) is 19.6. The summed E-state index contributed by atoms with van der Waals surface area (Å²) in [5, 5.41) is 20.9. The average molecular weight is 476 g/mol. The molecule has 10 nitrogen and oxygen atoms in total. The van der Waals surface area contributed by atoms with Crippen molar-refractivity contribution < 1.29 is 23.4 Å². The van der Waals surface area contributed by atoms with Crippen molar-refractivity contribution in [1.82, 2.24) is 19.4 Å². The number of aliphatic hydroxyl groups excluding tert-OH is 1. The third-order valence-electron chi connectivity index (χ3n) is 5.86. The summed E-state index contributed by atoms with van der Waals surface area (Å²) in [6.07, 6.45) is 0.761. The van der Waals surface area contributed by atoms with Gasteiger partial charge in [0.2, 0.25) is 5.91 Å². The van der Waals surface area contributed by atoms with E-state index in [0.29, 0.717) is 28.8 Å². The number of fused-ring (bicyclic) bond motifs is 3. The largest absolute Gasteiger partial charge is 0.389 e. The lowest BCUT2D eigenvalue weighted by atomic mass is 10.0. The van der Waals surface area contributed by atoms with Gasteiger partial charge < -0.3 is 25.4 Å². The van der Waals surface area contributed by atoms with E-state index in [1.807, 2.05) is 18.2 Å². The smallest absolute Gasteiger partial charge is 0.222 e. The topological polar surface area (TPSA) is 152 Å². The number of amides is 1. The third kappa shape index (κ3) is 4.94. The Bertz CT molecular complexity index is 1310. The fourth-order valence-electron chi connectivity index (χ4n) is 4.21. The molecule has 1 aliphatic heterocycles. The van der Waals surface area contributed by atoms with Gasteiger partial charge in [0.25, 0.3) is 0 Å². The first-order valence-corrected chi connectivity index (χ1v) is 12.7. The monoisotopic (exact) mass is 475 g/mol. The number of sulfone groups is 1. The highest BCUT2D eigenvalue weighted by Crippen LogP contribution is 2.31. The molecule has 1 amide bonds. The number of carbonyl (C=O) groups is 1. The highest BCUT2D eigenvalue weighted by atomic mass is 32.2. The van der Waals surface area contributed by atoms with Crippen LogP contribution >= 0.6 is 0 Å². The quantitative estimate of drug-likeness (QED) is 0.469. The van der Waals surface area contributed by atoms with Gasteiger partial charge in [-0.2, -0.15) is 0 Å². The van der Waals surface area contributed by atoms with Gasteiger partial charge in [0.05, 0.1) is 34.7 Å². The highest BCUT2D eigenvalue weighted by molar-refractivity contribution is 7.91. The summed E-state index contributed by atoms with van der Waals surface area (Å²) >= 11 is 0. The van der Waals surface area contributed by atoms with Gasteiger partial charge >= 0.3 is 0 Å². The maximum Gasteiger partial charge on any atom is 0.222 e. The molecule has 0 spiro atoms. The van der Waals surface area contributed by atoms with Crippen LogP contribution in [-0.2, 0) is 34.2 Å². The second kappa shape index (κ2) is 8.54. The molecule has 3 heterocycles. The zero-order chi connectivity index (χ0) is 24.0. The van der Waals surface area contributed by atoms with Crippen LogP contribution < -0.4 is 5.73 Å². The van der Waals surface area contributed by atoms with E-state index >= 15 is 0 Å². The normalized spacial score (nSPS) is 16.5. The van der Waals surface area contributed by atoms with Crippen molar-refractivity contribution in [3.63, 3.8) is 0 Å². The van der Waals surface area contributed by atoms with Crippen molar-refractivity contribution in [2.45, 2.75) is 45.4 Å². The van der Waals surface area contributed by atoms with Crippen molar-refractivity contribution in [3.05, 3.63) is 29.6 Å². The number of aryl methyl sites for hydroxylation is 1. The summed E-state index contributed by atoms with van der Waals surface area (Å²) in [5.41, 5.74) is 7.85. The molecule has 11 heteroatoms. The summed E-state index contributed by atoms with van der Waals surface area (Å²) in [7, 11) is -3.03. The molecule has 0 bridgehead atoms. The number of imidazole rings is 1. The summed E-state index contributed by atoms with van der Waals surface area (Å²) in [6.45, 7) is 3.77. The van der Waals surface area contributed by atoms with E-state index in [4.69, 9.17) is 5.73 Å². The predicted molar refractivity (Wildman–Crippen MR) is 125 cm³/mol. The first-order valence-electron chi connectivity index (χ1n) is 10.9. The number of nitrogens with two attached hydrogens (primary N) is 1. The van der Waals surface area contributed by atoms with Gasteiger partial charge in [0.1, 0.15) is 17.9 Å². The minimum Gasteiger partial charge on any atom is -0.389 e. The Morgan fingerprint density at radius 3 is 2.55 bits per heavy atom. The van der Waals surface area contributed by atoms with Gasteiger partial charge in [-0.3, -0.25) is 4.79 Å². The van der Waals surface area contributed by atoms with Crippen LogP contribution in [0.4, 0.5) is 5.82 Å². The van der Waals surface area contributed by atoms with Crippen molar-refractivity contribution in [3.8, 4) is 0 Å². The molecule has 0 aliphatic carbocycles. The van der Waals surface area contributed by atoms with E-state index in [2.05, 4.69) is 9.97 Å². The molecule has 1 fully saturated rings. The Hall–Kier alpha value is -2.76. The second-order valence-corrected chi connectivity index (χ2v) is 11.5. The second-order valence-electron chi connectivity index (χ2n) is 9.16. The Kier molecular flexibility index (Phi) is 6.06. The van der Waals surface area contributed by atoms with Gasteiger partial charge in [-0.1, -0.05) is 12.1 Å². The number of aromatic nitrogens is 3. The van der Waals surface area contributed by atoms with Crippen LogP contribution in [0.2, 0.25) is 0 Å². The number of hydrogen-bond acceptors (Lipinski definition) is 8. The number of pyridine rings is 1. The fraction of sp³-hybridized carbons (Fsp3) is 0.500. The number of rotatable bonds is 6. The van der Waals surface area contributed by atoms with Crippen LogP contribution in [0.1, 0.15) is 31.7 Å². The Balaban J connectivity index is 1.62. The van der Waals surface area contributed by atoms with Gasteiger partial charge in [-0.15, -0.1) is 0 Å². The molecule has 2 aromatic heterocycles. The van der Waals surface area contributed by atoms with Crippen molar-refractivity contribution in [2.75, 3.05) is 30.3 Å². The van der Waals surface area contributed by atoms with Crippen LogP contribution in [-0.4, -0.2) is 74.2 Å². The average Bonchev–Trinajstić information content (AvgIpc) is 3.09. The molecule has 0 atom stereocenters. The number of nitrogens with zero attached hydrogens (tertiary/aromatic N) is 4. The number of nitrogen functional groups attached to an aromatic ring is 1. The molecule has 0 unspecified atom stereocenters. The van der Waals surface area contributed by atoms with E-state index < -0.39 is 15.4 Å². The van der Waals surface area contributed by atoms with Gasteiger partial charge in [-0.05, 0) is 31.9 Å². The molecule has 4 N–H and O–H groups in total. The van der Waals surface area contributed by atoms with Crippen molar-refractivity contribution in [1.29, 1.82) is 0 Å². The number of aliphatic hydroxyl groups is 2. The number of carbonyl (C=O) groups excluding carboxylic acids is 1. The molecule has 0 radical (unpaired) electrons. The van der Waals surface area contributed by atoms with Crippen LogP contribution in [0.15, 0.2) is 18.2 Å². The van der Waals surface area contributed by atoms with Crippen molar-refractivity contribution in [2.24, 2.45) is 0 Å². The number of hydrogen-bond donors (Lipinski definition) is 3. The SMILES string of the molecule is CC(C)(O)Cn1c(CO)nc2c(N)nc3cc(CCC(=O)N4CCS(=O)(=O)CC4)ccc3c21. The number of benzene rings is 1. The maximum absolute atomic E-state index is 12.5. The van der Waals surface area contributed by atoms with Crippen LogP contribution in [0, 0.1) is 0 Å². The lowest BCUT2D eigenvalue weighted by Gasteiger charge is -2.26. The first-order chi connectivity index (χ1) is 15.5. The fourth-order valence-corrected chi connectivity index (χ4v) is 5.41. The molecule has 0 saturated carbocycles. The van der Waals surface area contributed by atoms with Crippen LogP contribution in [0.25, 0.3) is 21.9 Å². The molecule has 1 aromatic carbocycles. The van der Waals surface area contributed by atoms with E-state index in [1.54, 1.807) is 23.3 Å². The minimum absolute atomic E-state index is 0.0159. The highest BCUT2D eigenvalue weighted by Gasteiger charge is 2.25. The first kappa shape index (κ1) is 23.4. The molecule has 4 rings (SSSR count). The van der Waals surface area contributed by atoms with E-state index in [1.165, 1.54) is 0 Å². The summed E-state index contributed by atoms with van der Waals surface area (Å²) in [4.78, 5) is 23.0. The van der Waals surface area contributed by atoms with E-state index in [-0.39, 0.29) is 55.9 Å². The van der Waals surface area contributed by atoms with Crippen LogP contribution in [0.3, 0.4) is 0 Å². The summed E-state index contributed by atoms with van der Waals surface area (Å²) in [6, 6.07) is 5.67. The third-order valence-corrected chi connectivity index (χ3v) is 7.47. The maximum atomic E-state index is 12.5. The lowest BCUT2D eigenvalue weighted by molar-refractivity contribution is -0.130. The van der Waals surface area contributed by atoms with E-state index in [9.17, 15) is 23.4 Å². The molecule has 1 aliphatic rings. The minimum atomic E-state index is -3.03.